The average Bonchev–Trinajstić information content (AvgIpc) is 2.50. The first-order valence-corrected chi connectivity index (χ1v) is 7.78. The summed E-state index contributed by atoms with van der Waals surface area (Å²) in [6.45, 7) is 1.59. The zero-order chi connectivity index (χ0) is 15.3. The molecule has 1 aromatic heterocycles. The molecule has 0 aromatic carbocycles. The summed E-state index contributed by atoms with van der Waals surface area (Å²) in [5, 5.41) is -0.0587. The van der Waals surface area contributed by atoms with Crippen molar-refractivity contribution < 1.29 is 21.6 Å². The number of alkyl halides is 3. The van der Waals surface area contributed by atoms with Gasteiger partial charge in [-0.1, -0.05) is 11.6 Å². The summed E-state index contributed by atoms with van der Waals surface area (Å²) < 4.78 is 66.6. The third-order valence-electron chi connectivity index (χ3n) is 3.74. The molecule has 0 spiro atoms. The van der Waals surface area contributed by atoms with Gasteiger partial charge < -0.3 is 4.57 Å². The van der Waals surface area contributed by atoms with Crippen LogP contribution in [-0.2, 0) is 17.1 Å². The van der Waals surface area contributed by atoms with Crippen molar-refractivity contribution in [3.63, 3.8) is 0 Å². The van der Waals surface area contributed by atoms with Gasteiger partial charge in [-0.2, -0.15) is 17.9 Å². The van der Waals surface area contributed by atoms with Gasteiger partial charge in [-0.15, -0.1) is 0 Å². The summed E-state index contributed by atoms with van der Waals surface area (Å²) in [5.41, 5.74) is -1.89. The Hall–Kier alpha value is -0.730. The topological polar surface area (TPSA) is 51.1 Å². The molecule has 20 heavy (non-hydrogen) atoms. The van der Waals surface area contributed by atoms with Crippen LogP contribution in [0.4, 0.5) is 13.2 Å². The first-order chi connectivity index (χ1) is 9.00. The Balaban J connectivity index is 2.39. The molecule has 1 fully saturated rings. The lowest BCUT2D eigenvalue weighted by molar-refractivity contribution is -0.212. The zero-order valence-electron chi connectivity index (χ0n) is 10.9. The minimum Gasteiger partial charge on any atom is -0.352 e. The maximum Gasteiger partial charge on any atom is 0.407 e. The van der Waals surface area contributed by atoms with Crippen LogP contribution in [-0.4, -0.2) is 24.7 Å². The molecule has 0 saturated heterocycles. The molecule has 114 valence electrons. The number of nitrogens with zero attached hydrogens (tertiary/aromatic N) is 1. The van der Waals surface area contributed by atoms with E-state index in [-0.39, 0.29) is 22.8 Å². The van der Waals surface area contributed by atoms with E-state index >= 15 is 0 Å². The predicted molar refractivity (Wildman–Crippen MR) is 68.1 cm³/mol. The van der Waals surface area contributed by atoms with Gasteiger partial charge in [-0.25, -0.2) is 8.42 Å². The highest BCUT2D eigenvalue weighted by atomic mass is 35.5. The van der Waals surface area contributed by atoms with Gasteiger partial charge in [0.2, 0.25) is 10.0 Å². The third-order valence-corrected chi connectivity index (χ3v) is 5.88. The summed E-state index contributed by atoms with van der Waals surface area (Å²) in [7, 11) is -2.74. The van der Waals surface area contributed by atoms with Crippen molar-refractivity contribution in [1.29, 1.82) is 0 Å². The highest BCUT2D eigenvalue weighted by molar-refractivity contribution is 7.89. The zero-order valence-corrected chi connectivity index (χ0v) is 12.5. The minimum atomic E-state index is -4.62. The lowest BCUT2D eigenvalue weighted by Gasteiger charge is -2.43. The Labute approximate surface area is 120 Å². The molecular formula is C11H14ClF3N2O2S. The monoisotopic (exact) mass is 330 g/mol. The van der Waals surface area contributed by atoms with Gasteiger partial charge in [-0.05, 0) is 26.2 Å². The van der Waals surface area contributed by atoms with E-state index in [0.29, 0.717) is 12.1 Å². The fourth-order valence-electron chi connectivity index (χ4n) is 2.14. The van der Waals surface area contributed by atoms with E-state index in [2.05, 4.69) is 0 Å². The van der Waals surface area contributed by atoms with Crippen molar-refractivity contribution in [2.75, 3.05) is 0 Å². The van der Waals surface area contributed by atoms with E-state index < -0.39 is 21.7 Å². The Morgan fingerprint density at radius 3 is 2.25 bits per heavy atom. The van der Waals surface area contributed by atoms with Gasteiger partial charge in [0, 0.05) is 18.9 Å². The van der Waals surface area contributed by atoms with Crippen LogP contribution in [0.5, 0.6) is 0 Å². The quantitative estimate of drug-likeness (QED) is 0.926. The van der Waals surface area contributed by atoms with Gasteiger partial charge >= 0.3 is 6.18 Å². The number of rotatable bonds is 3. The van der Waals surface area contributed by atoms with Crippen molar-refractivity contribution in [3.8, 4) is 0 Å². The first-order valence-electron chi connectivity index (χ1n) is 5.92. The van der Waals surface area contributed by atoms with E-state index in [9.17, 15) is 21.6 Å². The molecule has 1 aromatic rings. The van der Waals surface area contributed by atoms with Gasteiger partial charge in [0.1, 0.15) is 10.4 Å². The summed E-state index contributed by atoms with van der Waals surface area (Å²) in [4.78, 5) is -0.324. The van der Waals surface area contributed by atoms with Crippen LogP contribution >= 0.6 is 11.6 Å². The van der Waals surface area contributed by atoms with Crippen molar-refractivity contribution >= 4 is 21.6 Å². The van der Waals surface area contributed by atoms with Crippen LogP contribution < -0.4 is 4.72 Å². The molecule has 9 heteroatoms. The second-order valence-electron chi connectivity index (χ2n) is 5.04. The highest BCUT2D eigenvalue weighted by Gasteiger charge is 2.60. The van der Waals surface area contributed by atoms with E-state index in [1.165, 1.54) is 10.8 Å². The molecule has 0 bridgehead atoms. The Morgan fingerprint density at radius 2 is 1.95 bits per heavy atom. The van der Waals surface area contributed by atoms with Gasteiger partial charge in [0.05, 0.1) is 5.02 Å². The van der Waals surface area contributed by atoms with E-state index in [0.717, 1.165) is 0 Å². The number of aryl methyl sites for hydroxylation is 1. The molecule has 1 heterocycles. The molecule has 0 amide bonds. The number of halogens is 4. The van der Waals surface area contributed by atoms with Gasteiger partial charge in [-0.3, -0.25) is 0 Å². The van der Waals surface area contributed by atoms with Gasteiger partial charge in [0.15, 0.2) is 0 Å². The molecule has 0 radical (unpaired) electrons. The van der Waals surface area contributed by atoms with Crippen LogP contribution in [0, 0.1) is 6.92 Å². The second-order valence-corrected chi connectivity index (χ2v) is 7.07. The molecule has 1 N–H and O–H groups in total. The van der Waals surface area contributed by atoms with Crippen molar-refractivity contribution in [2.45, 2.75) is 42.8 Å². The van der Waals surface area contributed by atoms with Crippen LogP contribution in [0.25, 0.3) is 0 Å². The maximum atomic E-state index is 13.0. The summed E-state index contributed by atoms with van der Waals surface area (Å²) >= 11 is 5.88. The smallest absolute Gasteiger partial charge is 0.352 e. The summed E-state index contributed by atoms with van der Waals surface area (Å²) in [6.07, 6.45) is -3.57. The lowest BCUT2D eigenvalue weighted by atomic mass is 9.77. The van der Waals surface area contributed by atoms with Crippen LogP contribution in [0.15, 0.2) is 11.1 Å². The Morgan fingerprint density at radius 1 is 1.40 bits per heavy atom. The first kappa shape index (κ1) is 15.7. The summed E-state index contributed by atoms with van der Waals surface area (Å²) in [5.74, 6) is 0. The lowest BCUT2D eigenvalue weighted by Crippen LogP contribution is -2.62. The normalized spacial score (nSPS) is 18.9. The molecule has 1 aliphatic carbocycles. The largest absolute Gasteiger partial charge is 0.407 e. The Kier molecular flexibility index (Phi) is 3.63. The molecule has 0 aliphatic heterocycles. The molecule has 0 unspecified atom stereocenters. The highest BCUT2D eigenvalue weighted by Crippen LogP contribution is 2.46. The standard InChI is InChI=1S/C11H14ClF3N2O2S/c1-7-9(12)8(6-17(7)2)20(18,19)16-10(4-3-5-10)11(13,14)15/h6,16H,3-5H2,1-2H3. The number of sulfonamides is 1. The Bertz CT molecular complexity index is 633. The van der Waals surface area contributed by atoms with Crippen molar-refractivity contribution in [1.82, 2.24) is 9.29 Å². The van der Waals surface area contributed by atoms with E-state index in [1.54, 1.807) is 18.7 Å². The molecule has 1 saturated carbocycles. The fourth-order valence-corrected chi connectivity index (χ4v) is 4.25. The third kappa shape index (κ3) is 2.33. The molecular weight excluding hydrogens is 317 g/mol. The average molecular weight is 331 g/mol. The number of hydrogen-bond donors (Lipinski definition) is 1. The second kappa shape index (κ2) is 4.64. The maximum absolute atomic E-state index is 13.0. The molecule has 1 aliphatic rings. The van der Waals surface area contributed by atoms with Crippen molar-refractivity contribution in [3.05, 3.63) is 16.9 Å². The SMILES string of the molecule is Cc1c(Cl)c(S(=O)(=O)NC2(C(F)(F)F)CCC2)cn1C. The van der Waals surface area contributed by atoms with E-state index in [4.69, 9.17) is 11.6 Å². The molecule has 0 atom stereocenters. The minimum absolute atomic E-state index is 0.0587. The number of hydrogen-bond acceptors (Lipinski definition) is 2. The van der Waals surface area contributed by atoms with Crippen LogP contribution in [0.1, 0.15) is 25.0 Å². The van der Waals surface area contributed by atoms with Crippen molar-refractivity contribution in [2.24, 2.45) is 7.05 Å². The number of aromatic nitrogens is 1. The van der Waals surface area contributed by atoms with E-state index in [1.807, 2.05) is 0 Å². The molecule has 2 rings (SSSR count). The molecule has 4 nitrogen and oxygen atoms in total. The predicted octanol–water partition coefficient (Wildman–Crippen LogP) is 2.75. The van der Waals surface area contributed by atoms with Crippen LogP contribution in [0.3, 0.4) is 0 Å². The number of nitrogens with one attached hydrogen (secondary N) is 1. The summed E-state index contributed by atoms with van der Waals surface area (Å²) in [6, 6.07) is 0. The van der Waals surface area contributed by atoms with Crippen LogP contribution in [0.2, 0.25) is 5.02 Å². The van der Waals surface area contributed by atoms with Gasteiger partial charge in [0.25, 0.3) is 0 Å². The fraction of sp³-hybridized carbons (Fsp3) is 0.636.